The van der Waals surface area contributed by atoms with Crippen LogP contribution in [-0.2, 0) is 6.54 Å². The number of amides is 1. The summed E-state index contributed by atoms with van der Waals surface area (Å²) in [4.78, 5) is 30.1. The second-order valence-corrected chi connectivity index (χ2v) is 6.78. The molecule has 3 aromatic heterocycles. The maximum atomic E-state index is 12.3. The van der Waals surface area contributed by atoms with Gasteiger partial charge in [-0.2, -0.15) is 0 Å². The molecular weight excluding hydrogens is 344 g/mol. The molecule has 0 spiro atoms. The molecule has 5 nitrogen and oxygen atoms in total. The van der Waals surface area contributed by atoms with Gasteiger partial charge >= 0.3 is 0 Å². The molecule has 0 bridgehead atoms. The molecule has 24 heavy (non-hydrogen) atoms. The molecule has 0 fully saturated rings. The lowest BCUT2D eigenvalue weighted by molar-refractivity contribution is 0.0947. The summed E-state index contributed by atoms with van der Waals surface area (Å²) in [5.41, 5.74) is 0.549. The van der Waals surface area contributed by atoms with E-state index in [4.69, 9.17) is 4.42 Å². The van der Waals surface area contributed by atoms with E-state index in [1.165, 1.54) is 29.4 Å². The molecule has 0 aliphatic carbocycles. The van der Waals surface area contributed by atoms with Crippen molar-refractivity contribution in [1.82, 2.24) is 10.3 Å². The van der Waals surface area contributed by atoms with Gasteiger partial charge in [0, 0.05) is 11.1 Å². The molecule has 0 unspecified atom stereocenters. The van der Waals surface area contributed by atoms with Gasteiger partial charge in [0.15, 0.2) is 5.76 Å². The molecule has 0 saturated heterocycles. The first-order valence-electron chi connectivity index (χ1n) is 7.13. The summed E-state index contributed by atoms with van der Waals surface area (Å²) >= 11 is 2.77. The minimum atomic E-state index is -0.181. The van der Waals surface area contributed by atoms with E-state index in [0.29, 0.717) is 27.8 Å². The number of ketones is 1. The molecule has 1 amide bonds. The number of furan rings is 1. The first-order valence-corrected chi connectivity index (χ1v) is 9.17. The van der Waals surface area contributed by atoms with Crippen molar-refractivity contribution in [2.75, 3.05) is 6.26 Å². The highest BCUT2D eigenvalue weighted by Crippen LogP contribution is 2.21. The predicted molar refractivity (Wildman–Crippen MR) is 93.6 cm³/mol. The van der Waals surface area contributed by atoms with E-state index < -0.39 is 0 Å². The highest BCUT2D eigenvalue weighted by molar-refractivity contribution is 7.98. The van der Waals surface area contributed by atoms with E-state index in [-0.39, 0.29) is 11.7 Å². The van der Waals surface area contributed by atoms with Gasteiger partial charge in [0.1, 0.15) is 5.03 Å². The molecular formula is C17H14N2O3S2. The van der Waals surface area contributed by atoms with E-state index in [1.807, 2.05) is 12.3 Å². The van der Waals surface area contributed by atoms with Crippen molar-refractivity contribution in [3.8, 4) is 0 Å². The van der Waals surface area contributed by atoms with Gasteiger partial charge in [-0.05, 0) is 42.7 Å². The van der Waals surface area contributed by atoms with Gasteiger partial charge < -0.3 is 9.73 Å². The fraction of sp³-hybridized carbons (Fsp3) is 0.118. The number of nitrogens with one attached hydrogen (secondary N) is 1. The number of nitrogens with zero attached hydrogens (tertiary/aromatic N) is 1. The molecule has 0 atom stereocenters. The second kappa shape index (κ2) is 7.46. The molecule has 1 N–H and O–H groups in total. The normalized spacial score (nSPS) is 10.5. The molecule has 0 aromatic carbocycles. The zero-order valence-electron chi connectivity index (χ0n) is 12.8. The van der Waals surface area contributed by atoms with Crippen LogP contribution in [0.25, 0.3) is 0 Å². The summed E-state index contributed by atoms with van der Waals surface area (Å²) in [5, 5.41) is 3.55. The molecule has 7 heteroatoms. The van der Waals surface area contributed by atoms with Crippen LogP contribution in [0.4, 0.5) is 0 Å². The highest BCUT2D eigenvalue weighted by Gasteiger charge is 2.15. The van der Waals surface area contributed by atoms with Crippen LogP contribution >= 0.6 is 23.1 Å². The molecule has 3 aromatic rings. The van der Waals surface area contributed by atoms with Crippen molar-refractivity contribution in [1.29, 1.82) is 0 Å². The number of hydrogen-bond donors (Lipinski definition) is 1. The molecule has 0 saturated carbocycles. The average Bonchev–Trinajstić information content (AvgIpc) is 3.30. The third-order valence-corrected chi connectivity index (χ3v) is 5.06. The SMILES string of the molecule is CSc1ncccc1C(=O)NCc1ccc(C(=O)c2ccco2)s1. The summed E-state index contributed by atoms with van der Waals surface area (Å²) in [6.45, 7) is 0.359. The second-order valence-electron chi connectivity index (χ2n) is 4.82. The van der Waals surface area contributed by atoms with Crippen molar-refractivity contribution in [3.63, 3.8) is 0 Å². The van der Waals surface area contributed by atoms with Gasteiger partial charge in [-0.3, -0.25) is 9.59 Å². The fourth-order valence-corrected chi connectivity index (χ4v) is 3.55. The summed E-state index contributed by atoms with van der Waals surface area (Å²) in [5.74, 6) is -0.0216. The Hall–Kier alpha value is -2.38. The lowest BCUT2D eigenvalue weighted by Crippen LogP contribution is -2.23. The Morgan fingerprint density at radius 1 is 1.25 bits per heavy atom. The van der Waals surface area contributed by atoms with Crippen LogP contribution in [0.2, 0.25) is 0 Å². The zero-order valence-corrected chi connectivity index (χ0v) is 14.4. The maximum absolute atomic E-state index is 12.3. The Morgan fingerprint density at radius 3 is 2.88 bits per heavy atom. The molecule has 3 rings (SSSR count). The predicted octanol–water partition coefficient (Wildman–Crippen LogP) is 3.62. The first kappa shape index (κ1) is 16.5. The summed E-state index contributed by atoms with van der Waals surface area (Å²) in [6.07, 6.45) is 5.01. The zero-order chi connectivity index (χ0) is 16.9. The van der Waals surface area contributed by atoms with Gasteiger partial charge in [-0.15, -0.1) is 23.1 Å². The van der Waals surface area contributed by atoms with Crippen LogP contribution in [0.15, 0.2) is 58.3 Å². The topological polar surface area (TPSA) is 72.2 Å². The van der Waals surface area contributed by atoms with Gasteiger partial charge in [-0.25, -0.2) is 4.98 Å². The first-order chi connectivity index (χ1) is 11.7. The van der Waals surface area contributed by atoms with Crippen molar-refractivity contribution < 1.29 is 14.0 Å². The highest BCUT2D eigenvalue weighted by atomic mass is 32.2. The van der Waals surface area contributed by atoms with Crippen LogP contribution in [0, 0.1) is 0 Å². The van der Waals surface area contributed by atoms with Crippen molar-refractivity contribution in [2.24, 2.45) is 0 Å². The number of aromatic nitrogens is 1. The molecule has 122 valence electrons. The van der Waals surface area contributed by atoms with Crippen LogP contribution < -0.4 is 5.32 Å². The van der Waals surface area contributed by atoms with Crippen LogP contribution in [0.5, 0.6) is 0 Å². The van der Waals surface area contributed by atoms with Gasteiger partial charge in [0.05, 0.1) is 23.2 Å². The summed E-state index contributed by atoms with van der Waals surface area (Å²) in [7, 11) is 0. The van der Waals surface area contributed by atoms with Crippen molar-refractivity contribution in [3.05, 3.63) is 69.9 Å². The third kappa shape index (κ3) is 3.58. The number of carbonyl (C=O) groups is 2. The Balaban J connectivity index is 1.65. The molecule has 0 aliphatic rings. The van der Waals surface area contributed by atoms with Crippen LogP contribution in [0.1, 0.15) is 30.7 Å². The monoisotopic (exact) mass is 358 g/mol. The van der Waals surface area contributed by atoms with Crippen molar-refractivity contribution in [2.45, 2.75) is 11.6 Å². The van der Waals surface area contributed by atoms with Gasteiger partial charge in [0.25, 0.3) is 5.91 Å². The summed E-state index contributed by atoms with van der Waals surface area (Å²) < 4.78 is 5.12. The number of pyridine rings is 1. The Bertz CT molecular complexity index is 856. The smallest absolute Gasteiger partial charge is 0.254 e. The Labute approximate surface area is 147 Å². The van der Waals surface area contributed by atoms with E-state index in [0.717, 1.165) is 4.88 Å². The number of carbonyl (C=O) groups excluding carboxylic acids is 2. The Kier molecular flexibility index (Phi) is 5.12. The average molecular weight is 358 g/mol. The molecule has 3 heterocycles. The van der Waals surface area contributed by atoms with E-state index in [9.17, 15) is 9.59 Å². The number of rotatable bonds is 6. The molecule has 0 radical (unpaired) electrons. The van der Waals surface area contributed by atoms with E-state index in [2.05, 4.69) is 10.3 Å². The lowest BCUT2D eigenvalue weighted by Gasteiger charge is -2.06. The third-order valence-electron chi connectivity index (χ3n) is 3.26. The maximum Gasteiger partial charge on any atom is 0.254 e. The quantitative estimate of drug-likeness (QED) is 0.538. The van der Waals surface area contributed by atoms with Gasteiger partial charge in [-0.1, -0.05) is 0 Å². The summed E-state index contributed by atoms with van der Waals surface area (Å²) in [6, 6.07) is 10.4. The van der Waals surface area contributed by atoms with Crippen molar-refractivity contribution >= 4 is 34.8 Å². The number of thioether (sulfide) groups is 1. The van der Waals surface area contributed by atoms with E-state index >= 15 is 0 Å². The molecule has 0 aliphatic heterocycles. The number of thiophene rings is 1. The minimum absolute atomic E-state index is 0.153. The largest absolute Gasteiger partial charge is 0.461 e. The van der Waals surface area contributed by atoms with Gasteiger partial charge in [0.2, 0.25) is 5.78 Å². The van der Waals surface area contributed by atoms with Crippen LogP contribution in [-0.4, -0.2) is 22.9 Å². The minimum Gasteiger partial charge on any atom is -0.461 e. The van der Waals surface area contributed by atoms with Crippen LogP contribution in [0.3, 0.4) is 0 Å². The number of hydrogen-bond acceptors (Lipinski definition) is 6. The Morgan fingerprint density at radius 2 is 2.12 bits per heavy atom. The lowest BCUT2D eigenvalue weighted by atomic mass is 10.2. The van der Waals surface area contributed by atoms with E-state index in [1.54, 1.807) is 36.5 Å². The standard InChI is InChI=1S/C17H14N2O3S2/c1-23-17-12(4-2-8-18-17)16(21)19-10-11-6-7-14(24-11)15(20)13-5-3-9-22-13/h2-9H,10H2,1H3,(H,19,21). The fourth-order valence-electron chi connectivity index (χ4n) is 2.11.